The number of ether oxygens (including phenoxy) is 1. The molecule has 0 spiro atoms. The molecule has 2 unspecified atom stereocenters. The second-order valence-corrected chi connectivity index (χ2v) is 8.09. The van der Waals surface area contributed by atoms with Crippen LogP contribution in [0.25, 0.3) is 0 Å². The van der Waals surface area contributed by atoms with Gasteiger partial charge in [-0.1, -0.05) is 25.5 Å². The maximum Gasteiger partial charge on any atom is 0.314 e. The average Bonchev–Trinajstić information content (AvgIpc) is 2.72. The fraction of sp³-hybridized carbons (Fsp3) is 0.417. The van der Waals surface area contributed by atoms with Crippen LogP contribution in [0.1, 0.15) is 54.0 Å². The number of nitriles is 1. The Balaban J connectivity index is 1.49. The van der Waals surface area contributed by atoms with E-state index in [1.165, 1.54) is 41.2 Å². The second kappa shape index (κ2) is 7.94. The molecule has 0 fully saturated rings. The Morgan fingerprint density at radius 1 is 1.10 bits per heavy atom. The fourth-order valence-electron chi connectivity index (χ4n) is 4.71. The van der Waals surface area contributed by atoms with E-state index in [1.54, 1.807) is 0 Å². The zero-order valence-electron chi connectivity index (χ0n) is 16.4. The van der Waals surface area contributed by atoms with Crippen molar-refractivity contribution in [3.63, 3.8) is 0 Å². The molecule has 150 valence electrons. The molecular formula is C24H23F2NO2. The van der Waals surface area contributed by atoms with E-state index >= 15 is 0 Å². The summed E-state index contributed by atoms with van der Waals surface area (Å²) in [4.78, 5) is 12.6. The van der Waals surface area contributed by atoms with Crippen LogP contribution in [0.4, 0.5) is 8.78 Å². The summed E-state index contributed by atoms with van der Waals surface area (Å²) in [6.45, 7) is 2.25. The number of fused-ring (bicyclic) bond motifs is 3. The highest BCUT2D eigenvalue weighted by Crippen LogP contribution is 2.36. The van der Waals surface area contributed by atoms with Crippen LogP contribution in [0.3, 0.4) is 0 Å². The van der Waals surface area contributed by atoms with Crippen LogP contribution in [0, 0.1) is 34.8 Å². The molecule has 0 saturated heterocycles. The lowest BCUT2D eigenvalue weighted by Gasteiger charge is -2.31. The first-order valence-electron chi connectivity index (χ1n) is 10.2. The highest BCUT2D eigenvalue weighted by atomic mass is 19.1. The van der Waals surface area contributed by atoms with Gasteiger partial charge in [0.05, 0.1) is 5.92 Å². The first kappa shape index (κ1) is 19.6. The second-order valence-electron chi connectivity index (χ2n) is 8.09. The minimum Gasteiger partial charge on any atom is -0.426 e. The molecule has 2 aromatic rings. The topological polar surface area (TPSA) is 50.1 Å². The molecule has 0 heterocycles. The number of halogens is 2. The van der Waals surface area contributed by atoms with E-state index in [2.05, 4.69) is 19.1 Å². The third-order valence-corrected chi connectivity index (χ3v) is 6.40. The summed E-state index contributed by atoms with van der Waals surface area (Å²) in [5.74, 6) is -2.31. The Labute approximate surface area is 169 Å². The van der Waals surface area contributed by atoms with Crippen LogP contribution >= 0.6 is 0 Å². The molecule has 2 aliphatic carbocycles. The minimum absolute atomic E-state index is 0.203. The Kier molecular flexibility index (Phi) is 5.36. The first-order valence-corrected chi connectivity index (χ1v) is 10.2. The Bertz CT molecular complexity index is 986. The molecule has 0 saturated carbocycles. The van der Waals surface area contributed by atoms with Crippen LogP contribution in [-0.4, -0.2) is 5.97 Å². The molecule has 0 radical (unpaired) electrons. The van der Waals surface area contributed by atoms with Gasteiger partial charge in [-0.3, -0.25) is 4.79 Å². The maximum atomic E-state index is 13.8. The van der Waals surface area contributed by atoms with Crippen LogP contribution in [0.15, 0.2) is 24.3 Å². The summed E-state index contributed by atoms with van der Waals surface area (Å²) >= 11 is 0. The summed E-state index contributed by atoms with van der Waals surface area (Å²) in [6.07, 6.45) is 6.75. The molecule has 5 heteroatoms. The van der Waals surface area contributed by atoms with Gasteiger partial charge in [0, 0.05) is 12.1 Å². The van der Waals surface area contributed by atoms with Crippen molar-refractivity contribution in [3.8, 4) is 11.8 Å². The number of nitrogens with zero attached hydrogens (tertiary/aromatic N) is 1. The standard InChI is InChI=1S/C24H23F2NO2/c1-2-14-3-7-19-15(9-14)4-5-16-10-17(6-8-20(16)19)24(28)29-18-11-22(25)21(13-27)23(26)12-18/h4-5,11-12,14,17H,2-3,6-10H2,1H3. The van der Waals surface area contributed by atoms with Crippen LogP contribution in [0.2, 0.25) is 0 Å². The molecule has 2 atom stereocenters. The van der Waals surface area contributed by atoms with E-state index in [-0.39, 0.29) is 11.7 Å². The van der Waals surface area contributed by atoms with E-state index in [1.807, 2.05) is 0 Å². The number of hydrogen-bond donors (Lipinski definition) is 0. The first-order chi connectivity index (χ1) is 14.0. The summed E-state index contributed by atoms with van der Waals surface area (Å²) in [5, 5.41) is 8.74. The van der Waals surface area contributed by atoms with Crippen molar-refractivity contribution in [1.82, 2.24) is 0 Å². The predicted molar refractivity (Wildman–Crippen MR) is 104 cm³/mol. The van der Waals surface area contributed by atoms with Crippen molar-refractivity contribution in [2.45, 2.75) is 51.9 Å². The van der Waals surface area contributed by atoms with Gasteiger partial charge in [-0.2, -0.15) is 5.26 Å². The van der Waals surface area contributed by atoms with E-state index in [4.69, 9.17) is 10.00 Å². The fourth-order valence-corrected chi connectivity index (χ4v) is 4.71. The monoisotopic (exact) mass is 395 g/mol. The number of hydrogen-bond acceptors (Lipinski definition) is 3. The molecule has 0 aliphatic heterocycles. The van der Waals surface area contributed by atoms with Crippen LogP contribution in [0.5, 0.6) is 5.75 Å². The highest BCUT2D eigenvalue weighted by Gasteiger charge is 2.30. The van der Waals surface area contributed by atoms with E-state index < -0.39 is 23.2 Å². The van der Waals surface area contributed by atoms with Crippen LogP contribution in [-0.2, 0) is 30.5 Å². The number of carbonyl (C=O) groups excluding carboxylic acids is 1. The lowest BCUT2D eigenvalue weighted by atomic mass is 9.74. The van der Waals surface area contributed by atoms with Gasteiger partial charge in [0.15, 0.2) is 0 Å². The average molecular weight is 395 g/mol. The summed E-state index contributed by atoms with van der Waals surface area (Å²) < 4.78 is 32.8. The van der Waals surface area contributed by atoms with Gasteiger partial charge < -0.3 is 4.74 Å². The number of esters is 1. The van der Waals surface area contributed by atoms with Crippen molar-refractivity contribution < 1.29 is 18.3 Å². The van der Waals surface area contributed by atoms with Crippen molar-refractivity contribution in [3.05, 3.63) is 63.7 Å². The molecule has 3 nitrogen and oxygen atoms in total. The summed E-state index contributed by atoms with van der Waals surface area (Å²) in [7, 11) is 0. The third kappa shape index (κ3) is 3.76. The third-order valence-electron chi connectivity index (χ3n) is 6.40. The normalized spacial score (nSPS) is 20.3. The minimum atomic E-state index is -1.03. The zero-order chi connectivity index (χ0) is 20.5. The Hall–Kier alpha value is -2.74. The van der Waals surface area contributed by atoms with Gasteiger partial charge in [0.25, 0.3) is 0 Å². The Morgan fingerprint density at radius 2 is 1.72 bits per heavy atom. The number of rotatable bonds is 3. The van der Waals surface area contributed by atoms with E-state index in [9.17, 15) is 13.6 Å². The molecule has 4 rings (SSSR count). The number of benzene rings is 2. The van der Waals surface area contributed by atoms with Gasteiger partial charge >= 0.3 is 5.97 Å². The van der Waals surface area contributed by atoms with Gasteiger partial charge in [-0.15, -0.1) is 0 Å². The highest BCUT2D eigenvalue weighted by molar-refractivity contribution is 5.76. The van der Waals surface area contributed by atoms with Gasteiger partial charge in [0.2, 0.25) is 0 Å². The van der Waals surface area contributed by atoms with Gasteiger partial charge in [-0.05, 0) is 66.7 Å². The molecule has 2 aliphatic rings. The van der Waals surface area contributed by atoms with Gasteiger partial charge in [0.1, 0.15) is 29.0 Å². The predicted octanol–water partition coefficient (Wildman–Crippen LogP) is 5.06. The summed E-state index contributed by atoms with van der Waals surface area (Å²) in [5.41, 5.74) is 4.81. The van der Waals surface area contributed by atoms with E-state index in [0.717, 1.165) is 37.3 Å². The smallest absolute Gasteiger partial charge is 0.314 e. The lowest BCUT2D eigenvalue weighted by molar-refractivity contribution is -0.139. The molecule has 0 N–H and O–H groups in total. The van der Waals surface area contributed by atoms with Crippen molar-refractivity contribution in [1.29, 1.82) is 5.26 Å². The molecule has 29 heavy (non-hydrogen) atoms. The molecule has 0 bridgehead atoms. The zero-order valence-corrected chi connectivity index (χ0v) is 16.4. The lowest BCUT2D eigenvalue weighted by Crippen LogP contribution is -2.28. The van der Waals surface area contributed by atoms with Crippen molar-refractivity contribution in [2.75, 3.05) is 0 Å². The quantitative estimate of drug-likeness (QED) is 0.539. The molecule has 0 amide bonds. The summed E-state index contributed by atoms with van der Waals surface area (Å²) in [6, 6.07) is 7.57. The van der Waals surface area contributed by atoms with Crippen LogP contribution < -0.4 is 4.74 Å². The van der Waals surface area contributed by atoms with Crippen molar-refractivity contribution in [2.24, 2.45) is 11.8 Å². The largest absolute Gasteiger partial charge is 0.426 e. The Morgan fingerprint density at radius 3 is 2.34 bits per heavy atom. The SMILES string of the molecule is CCC1CCc2c(ccc3c2CCC(C(=O)Oc2cc(F)c(C#N)c(F)c2)C3)C1. The van der Waals surface area contributed by atoms with Crippen molar-refractivity contribution >= 4 is 5.97 Å². The molecular weight excluding hydrogens is 372 g/mol. The molecule has 0 aromatic heterocycles. The van der Waals surface area contributed by atoms with Gasteiger partial charge in [-0.25, -0.2) is 8.78 Å². The molecule has 2 aromatic carbocycles. The maximum absolute atomic E-state index is 13.8. The number of carbonyl (C=O) groups is 1. The van der Waals surface area contributed by atoms with E-state index in [0.29, 0.717) is 12.8 Å².